The fourth-order valence-electron chi connectivity index (χ4n) is 7.87. The first-order chi connectivity index (χ1) is 36.6. The average molecular weight is 1110 g/mol. The third-order valence-corrected chi connectivity index (χ3v) is 13.5. The van der Waals surface area contributed by atoms with Crippen molar-refractivity contribution in [2.45, 2.75) is 72.4 Å². The van der Waals surface area contributed by atoms with Crippen LogP contribution in [-0.2, 0) is 35.3 Å². The fraction of sp³-hybridized carbons (Fsp3) is 0.471. The Morgan fingerprint density at radius 3 is 2.23 bits per heavy atom. The van der Waals surface area contributed by atoms with Gasteiger partial charge in [-0.1, -0.05) is 61.1 Å². The number of Topliss-reactive ketones (excluding diaryl/α,β-unsaturated/α-hetero) is 1. The number of carboxylic acid groups (broad SMARTS) is 1. The molecular formula is C51H68ClN13O11S. The summed E-state index contributed by atoms with van der Waals surface area (Å²) < 4.78 is 11.0. The smallest absolute Gasteiger partial charge is 0.409 e. The summed E-state index contributed by atoms with van der Waals surface area (Å²) in [5.41, 5.74) is 7.60. The van der Waals surface area contributed by atoms with E-state index >= 15 is 0 Å². The number of nitrogens with two attached hydrogens (primary N) is 1. The van der Waals surface area contributed by atoms with Crippen LogP contribution in [0, 0.1) is 25.7 Å². The normalized spacial score (nSPS) is 13.2. The average Bonchev–Trinajstić information content (AvgIpc) is 3.86. The molecule has 1 aliphatic rings. The van der Waals surface area contributed by atoms with Crippen molar-refractivity contribution in [3.63, 3.8) is 0 Å². The van der Waals surface area contributed by atoms with E-state index in [-0.39, 0.29) is 63.9 Å². The van der Waals surface area contributed by atoms with Crippen molar-refractivity contribution in [3.8, 4) is 0 Å². The van der Waals surface area contributed by atoms with Crippen LogP contribution in [0.5, 0.6) is 0 Å². The van der Waals surface area contributed by atoms with E-state index in [0.717, 1.165) is 11.4 Å². The van der Waals surface area contributed by atoms with Crippen LogP contribution in [-0.4, -0.2) is 162 Å². The van der Waals surface area contributed by atoms with Crippen LogP contribution in [0.1, 0.15) is 72.6 Å². The highest BCUT2D eigenvalue weighted by atomic mass is 35.5. The van der Waals surface area contributed by atoms with Gasteiger partial charge in [0.1, 0.15) is 35.6 Å². The summed E-state index contributed by atoms with van der Waals surface area (Å²) in [4.78, 5) is 121. The highest BCUT2D eigenvalue weighted by molar-refractivity contribution is 7.17. The molecule has 3 heterocycles. The lowest BCUT2D eigenvalue weighted by Crippen LogP contribution is -2.48. The lowest BCUT2D eigenvalue weighted by atomic mass is 9.89. The maximum Gasteiger partial charge on any atom is 0.409 e. The summed E-state index contributed by atoms with van der Waals surface area (Å²) in [5, 5.41) is 23.8. The zero-order chi connectivity index (χ0) is 56.2. The van der Waals surface area contributed by atoms with E-state index in [1.165, 1.54) is 27.3 Å². The Bertz CT molecular complexity index is 2680. The van der Waals surface area contributed by atoms with E-state index in [0.29, 0.717) is 82.8 Å². The van der Waals surface area contributed by atoms with Crippen LogP contribution >= 0.6 is 22.9 Å². The summed E-state index contributed by atoms with van der Waals surface area (Å²) in [5.74, 6) is -2.27. The number of hydrogen-bond donors (Lipinski definition) is 7. The number of anilines is 5. The van der Waals surface area contributed by atoms with Gasteiger partial charge in [0.15, 0.2) is 10.9 Å². The SMILES string of the molecule is Cc1nc(Nc2ncc(C(=O)Nc3c(C)cccc3Cl)s2)cc(N2CCN(CCOC(=O)N(C)CCN(C)C(=O)OCc3ccc(NC(=O)[C@H](CCCNC(N)=O)CC(=O)[C@@H](NC(=O)CCC(=O)O)C(C)C)cc3)CC2)n1. The van der Waals surface area contributed by atoms with E-state index in [4.69, 9.17) is 31.9 Å². The number of likely N-dealkylation sites (N-methyl/N-ethyl adjacent to an activating group) is 2. The van der Waals surface area contributed by atoms with Crippen molar-refractivity contribution in [1.29, 1.82) is 0 Å². The largest absolute Gasteiger partial charge is 0.481 e. The summed E-state index contributed by atoms with van der Waals surface area (Å²) in [6.07, 6.45) is -0.0450. The molecule has 2 aromatic carbocycles. The molecule has 24 nitrogen and oxygen atoms in total. The van der Waals surface area contributed by atoms with E-state index in [9.17, 15) is 38.4 Å². The van der Waals surface area contributed by atoms with Gasteiger partial charge in [-0.3, -0.25) is 28.9 Å². The number of nitrogens with zero attached hydrogens (tertiary/aromatic N) is 7. The molecule has 0 saturated carbocycles. The van der Waals surface area contributed by atoms with Crippen molar-refractivity contribution in [2.75, 3.05) is 93.9 Å². The summed E-state index contributed by atoms with van der Waals surface area (Å²) >= 11 is 7.48. The van der Waals surface area contributed by atoms with Crippen molar-refractivity contribution < 1.29 is 52.9 Å². The summed E-state index contributed by atoms with van der Waals surface area (Å²) in [7, 11) is 3.13. The number of urea groups is 1. The Morgan fingerprint density at radius 1 is 0.896 bits per heavy atom. The number of primary amides is 1. The Kier molecular flexibility index (Phi) is 23.2. The molecule has 1 aliphatic heterocycles. The van der Waals surface area contributed by atoms with Crippen molar-refractivity contribution in [2.24, 2.45) is 17.6 Å². The zero-order valence-electron chi connectivity index (χ0n) is 44.1. The number of piperazine rings is 1. The zero-order valence-corrected chi connectivity index (χ0v) is 45.6. The second-order valence-corrected chi connectivity index (χ2v) is 20.1. The van der Waals surface area contributed by atoms with Gasteiger partial charge in [-0.15, -0.1) is 0 Å². The third kappa shape index (κ3) is 19.8. The standard InChI is InChI=1S/C51H68ClN13O11S/c1-31(2)44(60-42(67)16-17-43(68)69)38(66)27-35(10-8-18-54-48(53)72)46(70)58-36-14-12-34(13-15-36)30-76-51(74)63(6)20-19-62(5)50(73)75-26-25-64-21-23-65(24-22-64)41-28-40(56-33(4)57-41)59-49-55-29-39(77-49)47(71)61-45-32(3)9-7-11-37(45)52/h7,9,11-15,28-29,31,35,44H,8,10,16-27,30H2,1-6H3,(H,58,70)(H,60,67)(H,61,71)(H,68,69)(H3,53,54,72)(H,55,56,57,59)/t35-,44+/m1/s1. The molecule has 2 aromatic heterocycles. The molecule has 26 heteroatoms. The number of carbonyl (C=O) groups is 8. The third-order valence-electron chi connectivity index (χ3n) is 12.3. The number of rotatable bonds is 27. The Morgan fingerprint density at radius 2 is 1.58 bits per heavy atom. The molecule has 1 fully saturated rings. The minimum absolute atomic E-state index is 0.0809. The van der Waals surface area contributed by atoms with Crippen molar-refractivity contribution in [1.82, 2.24) is 40.3 Å². The molecule has 5 rings (SSSR count). The van der Waals surface area contributed by atoms with Crippen molar-refractivity contribution in [3.05, 3.63) is 81.6 Å². The van der Waals surface area contributed by atoms with Crippen LogP contribution < -0.4 is 37.2 Å². The highest BCUT2D eigenvalue weighted by Gasteiger charge is 2.30. The number of ether oxygens (including phenoxy) is 2. The van der Waals surface area contributed by atoms with E-state index in [1.54, 1.807) is 65.2 Å². The second kappa shape index (κ2) is 29.6. The first-order valence-corrected chi connectivity index (χ1v) is 26.2. The highest BCUT2D eigenvalue weighted by Crippen LogP contribution is 2.29. The monoisotopic (exact) mass is 1110 g/mol. The minimum Gasteiger partial charge on any atom is -0.481 e. The molecule has 416 valence electrons. The molecule has 0 aliphatic carbocycles. The van der Waals surface area contributed by atoms with Crippen LogP contribution in [0.4, 0.5) is 42.5 Å². The summed E-state index contributed by atoms with van der Waals surface area (Å²) in [6.45, 7) is 11.0. The van der Waals surface area contributed by atoms with E-state index in [2.05, 4.69) is 51.3 Å². The molecule has 8 N–H and O–H groups in total. The van der Waals surface area contributed by atoms with E-state index in [1.807, 2.05) is 25.1 Å². The second-order valence-electron chi connectivity index (χ2n) is 18.7. The molecular weight excluding hydrogens is 1040 g/mol. The lowest BCUT2D eigenvalue weighted by molar-refractivity contribution is -0.139. The predicted molar refractivity (Wildman–Crippen MR) is 290 cm³/mol. The van der Waals surface area contributed by atoms with Gasteiger partial charge in [-0.2, -0.15) is 0 Å². The van der Waals surface area contributed by atoms with Gasteiger partial charge < -0.3 is 61.6 Å². The quantitative estimate of drug-likeness (QED) is 0.0356. The number of thiazole rings is 1. The Hall–Kier alpha value is -7.64. The minimum atomic E-state index is -1.15. The molecule has 0 radical (unpaired) electrons. The van der Waals surface area contributed by atoms with Crippen LogP contribution in [0.3, 0.4) is 0 Å². The van der Waals surface area contributed by atoms with Crippen LogP contribution in [0.15, 0.2) is 54.7 Å². The van der Waals surface area contributed by atoms with Crippen molar-refractivity contribution >= 4 is 98.8 Å². The number of hydrogen-bond acceptors (Lipinski definition) is 17. The number of aliphatic carboxylic acids is 1. The Balaban J connectivity index is 0.994. The molecule has 0 unspecified atom stereocenters. The number of aromatic nitrogens is 3. The van der Waals surface area contributed by atoms with Gasteiger partial charge in [0.05, 0.1) is 29.4 Å². The molecule has 2 atom stereocenters. The van der Waals surface area contributed by atoms with Crippen LogP contribution in [0.2, 0.25) is 5.02 Å². The fourth-order valence-corrected chi connectivity index (χ4v) is 8.86. The molecule has 1 saturated heterocycles. The molecule has 77 heavy (non-hydrogen) atoms. The van der Waals surface area contributed by atoms with Gasteiger partial charge in [-0.25, -0.2) is 29.3 Å². The number of benzene rings is 2. The lowest BCUT2D eigenvalue weighted by Gasteiger charge is -2.35. The number of halogens is 1. The first kappa shape index (κ1) is 60.2. The number of amides is 7. The number of aryl methyl sites for hydroxylation is 2. The molecule has 7 amide bonds. The summed E-state index contributed by atoms with van der Waals surface area (Å²) in [6, 6.07) is 12.1. The molecule has 4 aromatic rings. The number of carboxylic acids is 1. The Labute approximate surface area is 455 Å². The van der Waals surface area contributed by atoms with Crippen LogP contribution in [0.25, 0.3) is 0 Å². The number of nitrogens with one attached hydrogen (secondary N) is 5. The number of carbonyl (C=O) groups excluding carboxylic acids is 7. The molecule has 0 spiro atoms. The van der Waals surface area contributed by atoms with E-state index < -0.39 is 60.2 Å². The van der Waals surface area contributed by atoms with Gasteiger partial charge in [0.25, 0.3) is 5.91 Å². The maximum atomic E-state index is 13.5. The maximum absolute atomic E-state index is 13.5. The number of para-hydroxylation sites is 1. The van der Waals surface area contributed by atoms with Gasteiger partial charge in [0.2, 0.25) is 11.8 Å². The first-order valence-electron chi connectivity index (χ1n) is 25.0. The van der Waals surface area contributed by atoms with Gasteiger partial charge in [-0.05, 0) is 61.9 Å². The van der Waals surface area contributed by atoms with Gasteiger partial charge >= 0.3 is 24.2 Å². The molecule has 0 bridgehead atoms. The van der Waals surface area contributed by atoms with Gasteiger partial charge in [0, 0.05) is 97.0 Å². The predicted octanol–water partition coefficient (Wildman–Crippen LogP) is 5.63. The topological polar surface area (TPSA) is 313 Å². The number of ketones is 1.